The summed E-state index contributed by atoms with van der Waals surface area (Å²) in [5.74, 6) is -1.61. The van der Waals surface area contributed by atoms with Crippen LogP contribution < -0.4 is 0 Å². The zero-order chi connectivity index (χ0) is 18.9. The summed E-state index contributed by atoms with van der Waals surface area (Å²) in [5, 5.41) is 9.44. The van der Waals surface area contributed by atoms with Crippen molar-refractivity contribution in [2.24, 2.45) is 5.92 Å². The molecular weight excluding hydrogens is 354 g/mol. The molecule has 1 aliphatic rings. The minimum absolute atomic E-state index is 0.0634. The van der Waals surface area contributed by atoms with Crippen LogP contribution in [0.4, 0.5) is 0 Å². The van der Waals surface area contributed by atoms with Gasteiger partial charge < -0.3 is 5.11 Å². The monoisotopic (exact) mass is 377 g/mol. The summed E-state index contributed by atoms with van der Waals surface area (Å²) in [6.07, 6.45) is 1.77. The number of carbonyl (C=O) groups excluding carboxylic acids is 1. The van der Waals surface area contributed by atoms with Crippen molar-refractivity contribution in [1.82, 2.24) is 4.90 Å². The van der Waals surface area contributed by atoms with Gasteiger partial charge >= 0.3 is 5.97 Å². The average molecular weight is 378 g/mol. The van der Waals surface area contributed by atoms with Crippen molar-refractivity contribution < 1.29 is 14.7 Å². The lowest BCUT2D eigenvalue weighted by atomic mass is 9.87. The highest BCUT2D eigenvalue weighted by atomic mass is 32.2. The van der Waals surface area contributed by atoms with E-state index in [4.69, 9.17) is 12.2 Å². The molecule has 1 aromatic rings. The van der Waals surface area contributed by atoms with Gasteiger partial charge in [-0.25, -0.2) is 4.79 Å². The van der Waals surface area contributed by atoms with Crippen molar-refractivity contribution in [2.45, 2.75) is 46.1 Å². The number of carbonyl (C=O) groups is 2. The lowest BCUT2D eigenvalue weighted by molar-refractivity contribution is -0.146. The second-order valence-electron chi connectivity index (χ2n) is 7.45. The van der Waals surface area contributed by atoms with Gasteiger partial charge in [0.05, 0.1) is 4.91 Å². The molecule has 0 bridgehead atoms. The Morgan fingerprint density at radius 3 is 2.24 bits per heavy atom. The number of amides is 1. The standard InChI is InChI=1S/C19H23NO3S2/c1-11(2)15(17(22)23)20-16(21)14(25-18(20)24)10-12-6-8-13(9-7-12)19(3,4)5/h6-11,15H,1-5H3,(H,22,23)/b14-10-/t15-/m0/s1. The number of nitrogens with zero attached hydrogens (tertiary/aromatic N) is 1. The Kier molecular flexibility index (Phi) is 5.74. The molecule has 1 fully saturated rings. The fourth-order valence-corrected chi connectivity index (χ4v) is 3.97. The molecule has 1 aliphatic heterocycles. The molecule has 0 aromatic heterocycles. The number of thioether (sulfide) groups is 1. The Bertz CT molecular complexity index is 730. The minimum atomic E-state index is -1.04. The quantitative estimate of drug-likeness (QED) is 0.626. The molecular formula is C19H23NO3S2. The van der Waals surface area contributed by atoms with Gasteiger partial charge in [-0.1, -0.05) is 82.9 Å². The molecule has 1 N–H and O–H groups in total. The van der Waals surface area contributed by atoms with E-state index in [-0.39, 0.29) is 17.2 Å². The number of carboxylic acids is 1. The number of aliphatic carboxylic acids is 1. The number of benzene rings is 1. The maximum atomic E-state index is 12.7. The van der Waals surface area contributed by atoms with Crippen molar-refractivity contribution in [3.63, 3.8) is 0 Å². The van der Waals surface area contributed by atoms with E-state index < -0.39 is 12.0 Å². The molecule has 0 aliphatic carbocycles. The van der Waals surface area contributed by atoms with Crippen LogP contribution in [0.3, 0.4) is 0 Å². The van der Waals surface area contributed by atoms with Crippen molar-refractivity contribution in [3.05, 3.63) is 40.3 Å². The second kappa shape index (κ2) is 7.30. The summed E-state index contributed by atoms with van der Waals surface area (Å²) in [4.78, 5) is 25.9. The molecule has 0 radical (unpaired) electrons. The number of hydrogen-bond donors (Lipinski definition) is 1. The van der Waals surface area contributed by atoms with Crippen molar-refractivity contribution in [1.29, 1.82) is 0 Å². The van der Waals surface area contributed by atoms with E-state index >= 15 is 0 Å². The van der Waals surface area contributed by atoms with Gasteiger partial charge in [0.25, 0.3) is 5.91 Å². The second-order valence-corrected chi connectivity index (χ2v) is 9.13. The molecule has 2 rings (SSSR count). The number of thiocarbonyl (C=S) groups is 1. The topological polar surface area (TPSA) is 57.6 Å². The normalized spacial score (nSPS) is 18.3. The molecule has 25 heavy (non-hydrogen) atoms. The van der Waals surface area contributed by atoms with Crippen molar-refractivity contribution in [3.8, 4) is 0 Å². The third-order valence-corrected chi connectivity index (χ3v) is 5.39. The van der Waals surface area contributed by atoms with Crippen LogP contribution in [-0.4, -0.2) is 32.2 Å². The summed E-state index contributed by atoms with van der Waals surface area (Å²) >= 11 is 6.41. The Labute approximate surface area is 158 Å². The van der Waals surface area contributed by atoms with Gasteiger partial charge in [-0.05, 0) is 28.5 Å². The smallest absolute Gasteiger partial charge is 0.327 e. The summed E-state index contributed by atoms with van der Waals surface area (Å²) in [5.41, 5.74) is 2.17. The Morgan fingerprint density at radius 2 is 1.80 bits per heavy atom. The maximum absolute atomic E-state index is 12.7. The molecule has 1 saturated heterocycles. The zero-order valence-electron chi connectivity index (χ0n) is 15.1. The molecule has 134 valence electrons. The van der Waals surface area contributed by atoms with Crippen LogP contribution in [0.15, 0.2) is 29.2 Å². The molecule has 0 unspecified atom stereocenters. The van der Waals surface area contributed by atoms with Gasteiger partial charge in [0.15, 0.2) is 0 Å². The number of rotatable bonds is 4. The van der Waals surface area contributed by atoms with Gasteiger partial charge in [-0.15, -0.1) is 0 Å². The predicted molar refractivity (Wildman–Crippen MR) is 106 cm³/mol. The van der Waals surface area contributed by atoms with Crippen molar-refractivity contribution >= 4 is 46.3 Å². The number of carboxylic acid groups (broad SMARTS) is 1. The first-order chi connectivity index (χ1) is 11.5. The van der Waals surface area contributed by atoms with E-state index in [1.807, 2.05) is 24.3 Å². The highest BCUT2D eigenvalue weighted by molar-refractivity contribution is 8.26. The van der Waals surface area contributed by atoms with Crippen LogP contribution in [0.25, 0.3) is 6.08 Å². The van der Waals surface area contributed by atoms with Crippen LogP contribution >= 0.6 is 24.0 Å². The highest BCUT2D eigenvalue weighted by Gasteiger charge is 2.41. The van der Waals surface area contributed by atoms with Gasteiger partial charge in [0.1, 0.15) is 10.4 Å². The van der Waals surface area contributed by atoms with Gasteiger partial charge in [0.2, 0.25) is 0 Å². The van der Waals surface area contributed by atoms with Gasteiger partial charge in [0, 0.05) is 0 Å². The fourth-order valence-electron chi connectivity index (χ4n) is 2.64. The summed E-state index contributed by atoms with van der Waals surface area (Å²) in [6.45, 7) is 9.97. The lowest BCUT2D eigenvalue weighted by Crippen LogP contribution is -2.47. The highest BCUT2D eigenvalue weighted by Crippen LogP contribution is 2.35. The summed E-state index contributed by atoms with van der Waals surface area (Å²) < 4.78 is 0.295. The van der Waals surface area contributed by atoms with Crippen LogP contribution in [0.5, 0.6) is 0 Å². The van der Waals surface area contributed by atoms with E-state index in [1.165, 1.54) is 10.5 Å². The third-order valence-electron chi connectivity index (χ3n) is 4.06. The first-order valence-electron chi connectivity index (χ1n) is 8.13. The summed E-state index contributed by atoms with van der Waals surface area (Å²) in [7, 11) is 0. The van der Waals surface area contributed by atoms with E-state index in [0.29, 0.717) is 9.23 Å². The third kappa shape index (κ3) is 4.30. The first-order valence-corrected chi connectivity index (χ1v) is 9.35. The van der Waals surface area contributed by atoms with Gasteiger partial charge in [-0.3, -0.25) is 9.69 Å². The predicted octanol–water partition coefficient (Wildman–Crippen LogP) is 4.29. The maximum Gasteiger partial charge on any atom is 0.327 e. The van der Waals surface area contributed by atoms with Crippen LogP contribution in [-0.2, 0) is 15.0 Å². The Hall–Kier alpha value is -1.66. The van der Waals surface area contributed by atoms with Gasteiger partial charge in [-0.2, -0.15) is 0 Å². The molecule has 1 heterocycles. The van der Waals surface area contributed by atoms with E-state index in [0.717, 1.165) is 17.3 Å². The molecule has 6 heteroatoms. The van der Waals surface area contributed by atoms with Crippen LogP contribution in [0.2, 0.25) is 0 Å². The van der Waals surface area contributed by atoms with E-state index in [9.17, 15) is 14.7 Å². The Morgan fingerprint density at radius 1 is 1.24 bits per heavy atom. The lowest BCUT2D eigenvalue weighted by Gasteiger charge is -2.26. The average Bonchev–Trinajstić information content (AvgIpc) is 2.74. The molecule has 1 amide bonds. The molecule has 0 spiro atoms. The zero-order valence-corrected chi connectivity index (χ0v) is 16.7. The first kappa shape index (κ1) is 19.7. The summed E-state index contributed by atoms with van der Waals surface area (Å²) in [6, 6.07) is 7.07. The largest absolute Gasteiger partial charge is 0.480 e. The molecule has 0 saturated carbocycles. The molecule has 1 aromatic carbocycles. The van der Waals surface area contributed by atoms with Crippen LogP contribution in [0, 0.1) is 5.92 Å². The Balaban J connectivity index is 2.29. The van der Waals surface area contributed by atoms with E-state index in [2.05, 4.69) is 20.8 Å². The SMILES string of the molecule is CC(C)[C@@H](C(=O)O)N1C(=O)/C(=C/c2ccc(C(C)(C)C)cc2)SC1=S. The molecule has 4 nitrogen and oxygen atoms in total. The fraction of sp³-hybridized carbons (Fsp3) is 0.421. The van der Waals surface area contributed by atoms with Crippen LogP contribution in [0.1, 0.15) is 45.7 Å². The van der Waals surface area contributed by atoms with E-state index in [1.54, 1.807) is 19.9 Å². The van der Waals surface area contributed by atoms with Crippen molar-refractivity contribution in [2.75, 3.05) is 0 Å². The number of hydrogen-bond acceptors (Lipinski definition) is 4. The molecule has 1 atom stereocenters. The minimum Gasteiger partial charge on any atom is -0.480 e.